The van der Waals surface area contributed by atoms with Crippen molar-refractivity contribution in [1.82, 2.24) is 9.21 Å². The van der Waals surface area contributed by atoms with Crippen LogP contribution >= 0.6 is 0 Å². The maximum absolute atomic E-state index is 13.6. The predicted molar refractivity (Wildman–Crippen MR) is 92.8 cm³/mol. The molecule has 1 heterocycles. The molecule has 6 heteroatoms. The first-order valence-corrected chi connectivity index (χ1v) is 9.83. The van der Waals surface area contributed by atoms with Crippen LogP contribution in [0.1, 0.15) is 25.8 Å². The van der Waals surface area contributed by atoms with Gasteiger partial charge in [-0.05, 0) is 56.5 Å². The van der Waals surface area contributed by atoms with Gasteiger partial charge in [0.1, 0.15) is 5.82 Å². The van der Waals surface area contributed by atoms with Gasteiger partial charge < -0.3 is 4.90 Å². The fraction of sp³-hybridized carbons (Fsp3) is 0.667. The van der Waals surface area contributed by atoms with Crippen molar-refractivity contribution < 1.29 is 12.8 Å². The number of benzene rings is 1. The number of fused-ring (bicyclic) bond motifs is 1. The van der Waals surface area contributed by atoms with Crippen molar-refractivity contribution in [2.24, 2.45) is 16.7 Å². The molecule has 1 aliphatic carbocycles. The molecule has 3 rings (SSSR count). The van der Waals surface area contributed by atoms with Crippen LogP contribution < -0.4 is 0 Å². The molecule has 0 radical (unpaired) electrons. The number of hydrogen-bond acceptors (Lipinski definition) is 3. The Balaban J connectivity index is 1.95. The van der Waals surface area contributed by atoms with Gasteiger partial charge in [-0.15, -0.1) is 0 Å². The van der Waals surface area contributed by atoms with Crippen LogP contribution in [-0.4, -0.2) is 51.4 Å². The summed E-state index contributed by atoms with van der Waals surface area (Å²) in [5.41, 5.74) is 0.759. The second kappa shape index (κ2) is 5.51. The monoisotopic (exact) mass is 354 g/mol. The van der Waals surface area contributed by atoms with Gasteiger partial charge in [-0.1, -0.05) is 19.9 Å². The van der Waals surface area contributed by atoms with Gasteiger partial charge in [-0.25, -0.2) is 12.8 Å². The van der Waals surface area contributed by atoms with E-state index in [0.29, 0.717) is 24.6 Å². The van der Waals surface area contributed by atoms with E-state index < -0.39 is 15.8 Å². The van der Waals surface area contributed by atoms with Gasteiger partial charge >= 0.3 is 0 Å². The molecule has 1 aliphatic heterocycles. The molecule has 1 saturated heterocycles. The van der Waals surface area contributed by atoms with Crippen LogP contribution in [0.15, 0.2) is 23.1 Å². The number of rotatable bonds is 4. The lowest BCUT2D eigenvalue weighted by atomic mass is 9.48. The van der Waals surface area contributed by atoms with E-state index in [-0.39, 0.29) is 15.7 Å². The minimum absolute atomic E-state index is 0.0152. The summed E-state index contributed by atoms with van der Waals surface area (Å²) in [5.74, 6) is -0.166. The smallest absolute Gasteiger partial charge is 0.243 e. The molecule has 0 spiro atoms. The average Bonchev–Trinajstić information content (AvgIpc) is 2.75. The highest BCUT2D eigenvalue weighted by atomic mass is 32.2. The summed E-state index contributed by atoms with van der Waals surface area (Å²) in [6, 6.07) is 3.99. The van der Waals surface area contributed by atoms with E-state index >= 15 is 0 Å². The third kappa shape index (κ3) is 2.68. The molecule has 4 nitrogen and oxygen atoms in total. The first-order valence-electron chi connectivity index (χ1n) is 8.39. The maximum atomic E-state index is 13.6. The van der Waals surface area contributed by atoms with Crippen LogP contribution in [0.2, 0.25) is 0 Å². The summed E-state index contributed by atoms with van der Waals surface area (Å²) >= 11 is 0. The van der Waals surface area contributed by atoms with E-state index in [1.807, 2.05) is 14.1 Å². The maximum Gasteiger partial charge on any atom is 0.243 e. The van der Waals surface area contributed by atoms with E-state index in [2.05, 4.69) is 18.7 Å². The molecule has 1 aromatic carbocycles. The average molecular weight is 354 g/mol. The summed E-state index contributed by atoms with van der Waals surface area (Å²) in [7, 11) is 0.399. The van der Waals surface area contributed by atoms with Gasteiger partial charge in [0, 0.05) is 25.0 Å². The Labute approximate surface area is 144 Å². The highest BCUT2D eigenvalue weighted by molar-refractivity contribution is 7.89. The van der Waals surface area contributed by atoms with Crippen LogP contribution in [0.4, 0.5) is 4.39 Å². The molecule has 0 aromatic heterocycles. The van der Waals surface area contributed by atoms with E-state index in [9.17, 15) is 12.8 Å². The molecule has 24 heavy (non-hydrogen) atoms. The van der Waals surface area contributed by atoms with Crippen molar-refractivity contribution >= 4 is 10.0 Å². The number of halogens is 1. The molecular formula is C18H27FN2O2S. The third-order valence-electron chi connectivity index (χ3n) is 5.77. The lowest BCUT2D eigenvalue weighted by Gasteiger charge is -2.57. The molecule has 0 bridgehead atoms. The van der Waals surface area contributed by atoms with Crippen LogP contribution in [0.5, 0.6) is 0 Å². The highest BCUT2D eigenvalue weighted by Crippen LogP contribution is 2.63. The second-order valence-electron chi connectivity index (χ2n) is 8.53. The van der Waals surface area contributed by atoms with Crippen LogP contribution in [0.25, 0.3) is 0 Å². The van der Waals surface area contributed by atoms with Crippen LogP contribution in [0, 0.1) is 29.5 Å². The fourth-order valence-corrected chi connectivity index (χ4v) is 6.88. The van der Waals surface area contributed by atoms with Crippen molar-refractivity contribution in [2.45, 2.75) is 32.1 Å². The van der Waals surface area contributed by atoms with Gasteiger partial charge in [0.15, 0.2) is 0 Å². The molecular weight excluding hydrogens is 327 g/mol. The SMILES string of the molecule is Cc1ccc(F)cc1S(=O)(=O)N1C[C@@H]2C(C)(C)C[C@]2(CN(C)C)C1. The summed E-state index contributed by atoms with van der Waals surface area (Å²) in [5, 5.41) is 0. The van der Waals surface area contributed by atoms with E-state index in [1.54, 1.807) is 11.2 Å². The lowest BCUT2D eigenvalue weighted by Crippen LogP contribution is -2.57. The highest BCUT2D eigenvalue weighted by Gasteiger charge is 2.64. The standard InChI is InChI=1S/C18H27FN2O2S/c1-13-6-7-14(19)8-15(13)24(22,23)21-9-16-17(2,3)10-18(16,12-21)11-20(4)5/h6-8,16H,9-12H2,1-5H3/t16-,18+/m1/s1. The zero-order chi connectivity index (χ0) is 17.9. The largest absolute Gasteiger partial charge is 0.309 e. The van der Waals surface area contributed by atoms with Crippen LogP contribution in [-0.2, 0) is 10.0 Å². The van der Waals surface area contributed by atoms with Crippen molar-refractivity contribution in [3.05, 3.63) is 29.6 Å². The summed E-state index contributed by atoms with van der Waals surface area (Å²) in [4.78, 5) is 2.24. The van der Waals surface area contributed by atoms with E-state index in [4.69, 9.17) is 0 Å². The topological polar surface area (TPSA) is 40.6 Å². The predicted octanol–water partition coefficient (Wildman–Crippen LogP) is 2.73. The number of hydrogen-bond donors (Lipinski definition) is 0. The Kier molecular flexibility index (Phi) is 4.09. The Hall–Kier alpha value is -0.980. The molecule has 0 unspecified atom stereocenters. The van der Waals surface area contributed by atoms with Gasteiger partial charge in [-0.2, -0.15) is 4.31 Å². The molecule has 2 aliphatic rings. The van der Waals surface area contributed by atoms with E-state index in [1.165, 1.54) is 12.1 Å². The van der Waals surface area contributed by atoms with Crippen molar-refractivity contribution in [2.75, 3.05) is 33.7 Å². The van der Waals surface area contributed by atoms with Crippen LogP contribution in [0.3, 0.4) is 0 Å². The van der Waals surface area contributed by atoms with Gasteiger partial charge in [-0.3, -0.25) is 0 Å². The zero-order valence-electron chi connectivity index (χ0n) is 15.1. The minimum atomic E-state index is -3.67. The third-order valence-corrected chi connectivity index (χ3v) is 7.72. The molecule has 1 saturated carbocycles. The molecule has 134 valence electrons. The second-order valence-corrected chi connectivity index (χ2v) is 10.4. The first-order chi connectivity index (χ1) is 11.0. The summed E-state index contributed by atoms with van der Waals surface area (Å²) in [6.45, 7) is 8.09. The number of sulfonamides is 1. The quantitative estimate of drug-likeness (QED) is 0.835. The number of aryl methyl sites for hydroxylation is 1. The molecule has 2 fully saturated rings. The molecule has 0 N–H and O–H groups in total. The summed E-state index contributed by atoms with van der Waals surface area (Å²) < 4.78 is 41.4. The van der Waals surface area contributed by atoms with E-state index in [0.717, 1.165) is 19.0 Å². The fourth-order valence-electron chi connectivity index (χ4n) is 5.10. The van der Waals surface area contributed by atoms with Crippen molar-refractivity contribution in [1.29, 1.82) is 0 Å². The van der Waals surface area contributed by atoms with Gasteiger partial charge in [0.25, 0.3) is 0 Å². The van der Waals surface area contributed by atoms with Crippen molar-refractivity contribution in [3.8, 4) is 0 Å². The van der Waals surface area contributed by atoms with Gasteiger partial charge in [0.2, 0.25) is 10.0 Å². The number of nitrogens with zero attached hydrogens (tertiary/aromatic N) is 2. The Morgan fingerprint density at radius 3 is 2.58 bits per heavy atom. The Morgan fingerprint density at radius 1 is 1.33 bits per heavy atom. The Bertz CT molecular complexity index is 756. The first kappa shape index (κ1) is 17.8. The normalized spacial score (nSPS) is 29.5. The lowest BCUT2D eigenvalue weighted by molar-refractivity contribution is -0.0789. The van der Waals surface area contributed by atoms with Gasteiger partial charge in [0.05, 0.1) is 4.90 Å². The zero-order valence-corrected chi connectivity index (χ0v) is 16.0. The van der Waals surface area contributed by atoms with Crippen molar-refractivity contribution in [3.63, 3.8) is 0 Å². The molecule has 1 aromatic rings. The molecule has 2 atom stereocenters. The minimum Gasteiger partial charge on any atom is -0.309 e. The molecule has 0 amide bonds. The Morgan fingerprint density at radius 2 is 2.00 bits per heavy atom. The summed E-state index contributed by atoms with van der Waals surface area (Å²) in [6.07, 6.45) is 1.02.